The molecule has 1 fully saturated rings. The second-order valence-corrected chi connectivity index (χ2v) is 6.90. The zero-order chi connectivity index (χ0) is 18.3. The highest BCUT2D eigenvalue weighted by Gasteiger charge is 2.27. The first-order chi connectivity index (χ1) is 12.5. The van der Waals surface area contributed by atoms with E-state index >= 15 is 0 Å². The topological polar surface area (TPSA) is 71.3 Å². The molecule has 0 unspecified atom stereocenters. The molecule has 1 aliphatic rings. The maximum absolute atomic E-state index is 13.0. The van der Waals surface area contributed by atoms with Crippen molar-refractivity contribution in [1.82, 2.24) is 9.97 Å². The minimum absolute atomic E-state index is 0.253. The Bertz CT molecular complexity index is 993. The summed E-state index contributed by atoms with van der Waals surface area (Å²) in [5, 5.41) is 4.13. The summed E-state index contributed by atoms with van der Waals surface area (Å²) in [5.41, 5.74) is 1.56. The lowest BCUT2D eigenvalue weighted by Crippen LogP contribution is -2.21. The van der Waals surface area contributed by atoms with Gasteiger partial charge in [0.15, 0.2) is 0 Å². The minimum Gasteiger partial charge on any atom is -0.442 e. The smallest absolute Gasteiger partial charge is 0.260 e. The molecule has 1 N–H and O–H groups in total. The Labute approximate surface area is 156 Å². The molecular formula is C19H19ClN4O2. The van der Waals surface area contributed by atoms with Crippen LogP contribution in [-0.2, 0) is 0 Å². The molecule has 2 aromatic heterocycles. The van der Waals surface area contributed by atoms with Gasteiger partial charge >= 0.3 is 0 Å². The van der Waals surface area contributed by atoms with Crippen LogP contribution in [0.25, 0.3) is 11.1 Å². The molecule has 0 radical (unpaired) electrons. The largest absolute Gasteiger partial charge is 0.442 e. The number of nitrogens with zero attached hydrogens (tertiary/aromatic N) is 3. The Balaban J connectivity index is 1.81. The van der Waals surface area contributed by atoms with E-state index in [-0.39, 0.29) is 5.91 Å². The number of nitrogens with one attached hydrogen (secondary N) is 1. The molecule has 1 aliphatic heterocycles. The summed E-state index contributed by atoms with van der Waals surface area (Å²) in [6, 6.07) is 7.06. The Morgan fingerprint density at radius 2 is 2.00 bits per heavy atom. The van der Waals surface area contributed by atoms with Gasteiger partial charge in [0.25, 0.3) is 5.91 Å². The van der Waals surface area contributed by atoms with E-state index in [1.807, 2.05) is 6.92 Å². The lowest BCUT2D eigenvalue weighted by atomic mass is 10.1. The van der Waals surface area contributed by atoms with Gasteiger partial charge in [0.1, 0.15) is 17.4 Å². The third-order valence-electron chi connectivity index (χ3n) is 4.54. The number of anilines is 2. The Morgan fingerprint density at radius 1 is 1.23 bits per heavy atom. The van der Waals surface area contributed by atoms with Crippen LogP contribution >= 0.6 is 11.6 Å². The highest BCUT2D eigenvalue weighted by molar-refractivity contribution is 6.31. The predicted molar refractivity (Wildman–Crippen MR) is 102 cm³/mol. The molecule has 3 aromatic rings. The van der Waals surface area contributed by atoms with Crippen LogP contribution in [0.3, 0.4) is 0 Å². The number of aryl methyl sites for hydroxylation is 2. The van der Waals surface area contributed by atoms with Gasteiger partial charge in [0, 0.05) is 23.8 Å². The van der Waals surface area contributed by atoms with Crippen LogP contribution in [0.2, 0.25) is 5.02 Å². The zero-order valence-electron chi connectivity index (χ0n) is 14.7. The molecule has 1 amide bonds. The van der Waals surface area contributed by atoms with E-state index in [2.05, 4.69) is 20.2 Å². The molecular weight excluding hydrogens is 352 g/mol. The summed E-state index contributed by atoms with van der Waals surface area (Å²) in [7, 11) is 0. The summed E-state index contributed by atoms with van der Waals surface area (Å²) in [6.07, 6.45) is 2.23. The SMILES string of the molecule is Cc1nc(N2CCCC2)c2c(C(=O)Nc3cccc(Cl)c3)c(C)oc2n1. The maximum atomic E-state index is 13.0. The molecule has 3 heterocycles. The van der Waals surface area contributed by atoms with Crippen LogP contribution in [0.5, 0.6) is 0 Å². The van der Waals surface area contributed by atoms with Crippen LogP contribution in [0, 0.1) is 13.8 Å². The minimum atomic E-state index is -0.253. The van der Waals surface area contributed by atoms with Gasteiger partial charge in [-0.3, -0.25) is 4.79 Å². The van der Waals surface area contributed by atoms with E-state index in [0.29, 0.717) is 39.0 Å². The van der Waals surface area contributed by atoms with Crippen LogP contribution in [-0.4, -0.2) is 29.0 Å². The van der Waals surface area contributed by atoms with Gasteiger partial charge < -0.3 is 14.6 Å². The molecule has 26 heavy (non-hydrogen) atoms. The van der Waals surface area contributed by atoms with Crippen LogP contribution < -0.4 is 10.2 Å². The zero-order valence-corrected chi connectivity index (χ0v) is 15.4. The number of rotatable bonds is 3. The Morgan fingerprint density at radius 3 is 2.73 bits per heavy atom. The van der Waals surface area contributed by atoms with Crippen molar-refractivity contribution in [3.05, 3.63) is 46.4 Å². The summed E-state index contributed by atoms with van der Waals surface area (Å²) in [5.74, 6) is 1.68. The molecule has 4 rings (SSSR count). The number of aromatic nitrogens is 2. The van der Waals surface area contributed by atoms with Crippen molar-refractivity contribution in [2.24, 2.45) is 0 Å². The van der Waals surface area contributed by atoms with Crippen molar-refractivity contribution in [2.75, 3.05) is 23.3 Å². The number of fused-ring (bicyclic) bond motifs is 1. The van der Waals surface area contributed by atoms with Crippen LogP contribution in [0.4, 0.5) is 11.5 Å². The fourth-order valence-electron chi connectivity index (χ4n) is 3.39. The van der Waals surface area contributed by atoms with Crippen LogP contribution in [0.15, 0.2) is 28.7 Å². The summed E-state index contributed by atoms with van der Waals surface area (Å²) in [6.45, 7) is 5.45. The number of hydrogen-bond acceptors (Lipinski definition) is 5. The fourth-order valence-corrected chi connectivity index (χ4v) is 3.58. The van der Waals surface area contributed by atoms with Crippen molar-refractivity contribution in [2.45, 2.75) is 26.7 Å². The number of carbonyl (C=O) groups excluding carboxylic acids is 1. The number of hydrogen-bond donors (Lipinski definition) is 1. The number of halogens is 1. The van der Waals surface area contributed by atoms with Gasteiger partial charge in [0.2, 0.25) is 5.71 Å². The van der Waals surface area contributed by atoms with Crippen LogP contribution in [0.1, 0.15) is 34.8 Å². The normalized spacial score (nSPS) is 14.2. The van der Waals surface area contributed by atoms with Crippen molar-refractivity contribution in [3.8, 4) is 0 Å². The summed E-state index contributed by atoms with van der Waals surface area (Å²) >= 11 is 6.01. The van der Waals surface area contributed by atoms with E-state index in [1.54, 1.807) is 31.2 Å². The molecule has 0 bridgehead atoms. The first-order valence-electron chi connectivity index (χ1n) is 8.62. The van der Waals surface area contributed by atoms with Gasteiger partial charge in [-0.2, -0.15) is 4.98 Å². The first-order valence-corrected chi connectivity index (χ1v) is 9.00. The summed E-state index contributed by atoms with van der Waals surface area (Å²) in [4.78, 5) is 24.2. The second kappa shape index (κ2) is 6.61. The monoisotopic (exact) mass is 370 g/mol. The predicted octanol–water partition coefficient (Wildman–Crippen LogP) is 4.35. The molecule has 0 atom stereocenters. The van der Waals surface area contributed by atoms with Crippen molar-refractivity contribution in [1.29, 1.82) is 0 Å². The van der Waals surface area contributed by atoms with E-state index < -0.39 is 0 Å². The van der Waals surface area contributed by atoms with Gasteiger partial charge in [0.05, 0.1) is 10.9 Å². The standard InChI is InChI=1S/C19H19ClN4O2/c1-11-15(18(25)23-14-7-5-6-13(20)10-14)16-17(24-8-3-4-9-24)21-12(2)22-19(16)26-11/h5-7,10H,3-4,8-9H2,1-2H3,(H,23,25). The number of furan rings is 1. The summed E-state index contributed by atoms with van der Waals surface area (Å²) < 4.78 is 5.80. The van der Waals surface area contributed by atoms with Crippen molar-refractivity contribution < 1.29 is 9.21 Å². The third kappa shape index (κ3) is 3.01. The van der Waals surface area contributed by atoms with Crippen molar-refractivity contribution >= 4 is 40.1 Å². The van der Waals surface area contributed by atoms with Gasteiger partial charge in [-0.15, -0.1) is 0 Å². The molecule has 0 saturated carbocycles. The average Bonchev–Trinajstić information content (AvgIpc) is 3.21. The van der Waals surface area contributed by atoms with Gasteiger partial charge in [-0.1, -0.05) is 17.7 Å². The number of carbonyl (C=O) groups is 1. The molecule has 0 spiro atoms. The van der Waals surface area contributed by atoms with E-state index in [4.69, 9.17) is 16.0 Å². The quantitative estimate of drug-likeness (QED) is 0.742. The number of benzene rings is 1. The number of amides is 1. The highest BCUT2D eigenvalue weighted by atomic mass is 35.5. The molecule has 0 aliphatic carbocycles. The maximum Gasteiger partial charge on any atom is 0.260 e. The third-order valence-corrected chi connectivity index (χ3v) is 4.77. The molecule has 134 valence electrons. The molecule has 6 nitrogen and oxygen atoms in total. The Kier molecular flexibility index (Phi) is 4.28. The van der Waals surface area contributed by atoms with Gasteiger partial charge in [-0.05, 0) is 44.9 Å². The van der Waals surface area contributed by atoms with E-state index in [9.17, 15) is 4.79 Å². The average molecular weight is 371 g/mol. The molecule has 1 aromatic carbocycles. The lowest BCUT2D eigenvalue weighted by molar-refractivity contribution is 0.102. The van der Waals surface area contributed by atoms with E-state index in [1.165, 1.54) is 0 Å². The Hall–Kier alpha value is -2.60. The second-order valence-electron chi connectivity index (χ2n) is 6.47. The fraction of sp³-hybridized carbons (Fsp3) is 0.316. The first kappa shape index (κ1) is 16.8. The molecule has 7 heteroatoms. The molecule has 1 saturated heterocycles. The highest BCUT2D eigenvalue weighted by Crippen LogP contribution is 2.34. The van der Waals surface area contributed by atoms with Gasteiger partial charge in [-0.25, -0.2) is 4.98 Å². The van der Waals surface area contributed by atoms with Crippen molar-refractivity contribution in [3.63, 3.8) is 0 Å². The van der Waals surface area contributed by atoms with E-state index in [0.717, 1.165) is 31.7 Å². The lowest BCUT2D eigenvalue weighted by Gasteiger charge is -2.18.